The van der Waals surface area contributed by atoms with Gasteiger partial charge < -0.3 is 9.40 Å². The molecule has 2 aliphatic heterocycles. The molecule has 3 aromatic rings. The molecule has 154 valence electrons. The summed E-state index contributed by atoms with van der Waals surface area (Å²) in [5, 5.41) is 1.12. The molecule has 4 heterocycles. The Morgan fingerprint density at radius 1 is 1.17 bits per heavy atom. The molecule has 0 radical (unpaired) electrons. The molecule has 1 N–H and O–H groups in total. The van der Waals surface area contributed by atoms with Gasteiger partial charge in [0.15, 0.2) is 5.82 Å². The van der Waals surface area contributed by atoms with Crippen molar-refractivity contribution in [1.29, 1.82) is 0 Å². The standard InChI is InChI=1S/C22H21ClN4O3/c23-19-13-5-1-2-7-18(13)30-22(29)15(19)12-27-10-8-16-14(11-27)21(28)26-20(25-16)17-6-3-4-9-24-17/h1-2,5,7H,3-4,6,8-12H2,(H,25,26,28). The van der Waals surface area contributed by atoms with E-state index in [0.29, 0.717) is 59.0 Å². The van der Waals surface area contributed by atoms with Crippen LogP contribution in [0.15, 0.2) is 43.3 Å². The smallest absolute Gasteiger partial charge is 0.342 e. The zero-order valence-electron chi connectivity index (χ0n) is 16.4. The van der Waals surface area contributed by atoms with Crippen molar-refractivity contribution in [3.63, 3.8) is 0 Å². The van der Waals surface area contributed by atoms with E-state index in [1.165, 1.54) is 0 Å². The number of H-pyrrole nitrogens is 1. The van der Waals surface area contributed by atoms with E-state index >= 15 is 0 Å². The molecule has 5 rings (SSSR count). The first-order chi connectivity index (χ1) is 14.6. The Bertz CT molecular complexity index is 1280. The Morgan fingerprint density at radius 3 is 2.87 bits per heavy atom. The predicted molar refractivity (Wildman–Crippen MR) is 115 cm³/mol. The van der Waals surface area contributed by atoms with Gasteiger partial charge in [0.1, 0.15) is 5.58 Å². The number of halogens is 1. The van der Waals surface area contributed by atoms with Gasteiger partial charge in [0, 0.05) is 38.0 Å². The van der Waals surface area contributed by atoms with Crippen LogP contribution in [0.3, 0.4) is 0 Å². The highest BCUT2D eigenvalue weighted by atomic mass is 35.5. The predicted octanol–water partition coefficient (Wildman–Crippen LogP) is 3.06. The van der Waals surface area contributed by atoms with Gasteiger partial charge in [-0.3, -0.25) is 14.7 Å². The molecular weight excluding hydrogens is 404 g/mol. The second-order valence-corrected chi connectivity index (χ2v) is 8.14. The van der Waals surface area contributed by atoms with Crippen molar-refractivity contribution in [1.82, 2.24) is 14.9 Å². The van der Waals surface area contributed by atoms with Crippen LogP contribution >= 0.6 is 11.6 Å². The molecular formula is C22H21ClN4O3. The third-order valence-electron chi connectivity index (χ3n) is 5.76. The number of aliphatic imine (C=N–C) groups is 1. The largest absolute Gasteiger partial charge is 0.422 e. The Labute approximate surface area is 177 Å². The topological polar surface area (TPSA) is 91.6 Å². The molecule has 2 aliphatic rings. The Morgan fingerprint density at radius 2 is 2.03 bits per heavy atom. The molecule has 8 heteroatoms. The van der Waals surface area contributed by atoms with Crippen molar-refractivity contribution in [3.05, 3.63) is 72.7 Å². The van der Waals surface area contributed by atoms with Gasteiger partial charge in [-0.1, -0.05) is 23.7 Å². The monoisotopic (exact) mass is 424 g/mol. The summed E-state index contributed by atoms with van der Waals surface area (Å²) in [5.41, 5.74) is 2.66. The molecule has 0 amide bonds. The Balaban J connectivity index is 1.43. The van der Waals surface area contributed by atoms with Crippen LogP contribution < -0.4 is 11.2 Å². The fourth-order valence-electron chi connectivity index (χ4n) is 4.15. The normalized spacial score (nSPS) is 17.0. The van der Waals surface area contributed by atoms with Crippen LogP contribution in [0.25, 0.3) is 11.0 Å². The van der Waals surface area contributed by atoms with Crippen molar-refractivity contribution in [2.45, 2.75) is 38.8 Å². The van der Waals surface area contributed by atoms with Crippen molar-refractivity contribution in [2.24, 2.45) is 4.99 Å². The van der Waals surface area contributed by atoms with Crippen LogP contribution in [0.1, 0.15) is 41.9 Å². The van der Waals surface area contributed by atoms with Crippen molar-refractivity contribution in [2.75, 3.05) is 13.1 Å². The maximum atomic E-state index is 12.8. The van der Waals surface area contributed by atoms with Crippen molar-refractivity contribution >= 4 is 28.3 Å². The first-order valence-corrected chi connectivity index (χ1v) is 10.6. The molecule has 0 saturated heterocycles. The lowest BCUT2D eigenvalue weighted by Crippen LogP contribution is -2.37. The number of nitrogens with one attached hydrogen (secondary N) is 1. The summed E-state index contributed by atoms with van der Waals surface area (Å²) in [4.78, 5) is 39.4. The molecule has 0 atom stereocenters. The van der Waals surface area contributed by atoms with E-state index in [1.54, 1.807) is 12.1 Å². The summed E-state index contributed by atoms with van der Waals surface area (Å²) in [6.07, 6.45) is 3.64. The van der Waals surface area contributed by atoms with Gasteiger partial charge in [-0.2, -0.15) is 0 Å². The van der Waals surface area contributed by atoms with E-state index in [4.69, 9.17) is 21.0 Å². The van der Waals surface area contributed by atoms with Crippen LogP contribution in [0.4, 0.5) is 0 Å². The number of rotatable bonds is 3. The molecule has 7 nitrogen and oxygen atoms in total. The van der Waals surface area contributed by atoms with Gasteiger partial charge in [0.25, 0.3) is 5.56 Å². The highest BCUT2D eigenvalue weighted by Crippen LogP contribution is 2.26. The number of nitrogens with zero attached hydrogens (tertiary/aromatic N) is 3. The molecule has 0 fully saturated rings. The van der Waals surface area contributed by atoms with Gasteiger partial charge in [-0.05, 0) is 31.4 Å². The van der Waals surface area contributed by atoms with E-state index < -0.39 is 5.63 Å². The number of benzene rings is 1. The number of hydrogen-bond acceptors (Lipinski definition) is 6. The van der Waals surface area contributed by atoms with Crippen LogP contribution in [-0.4, -0.2) is 33.7 Å². The quantitative estimate of drug-likeness (QED) is 0.652. The summed E-state index contributed by atoms with van der Waals surface area (Å²) < 4.78 is 5.43. The SMILES string of the molecule is O=c1[nH]c(C2=NCCCC2)nc2c1CN(Cc1c(Cl)c3ccccc3oc1=O)CC2. The summed E-state index contributed by atoms with van der Waals surface area (Å²) in [5.74, 6) is 0.602. The average Bonchev–Trinajstić information content (AvgIpc) is 2.77. The van der Waals surface area contributed by atoms with Crippen LogP contribution in [0, 0.1) is 0 Å². The summed E-state index contributed by atoms with van der Waals surface area (Å²) >= 11 is 6.52. The van der Waals surface area contributed by atoms with Gasteiger partial charge in [-0.25, -0.2) is 9.78 Å². The summed E-state index contributed by atoms with van der Waals surface area (Å²) in [6.45, 7) is 2.20. The fraction of sp³-hybridized carbons (Fsp3) is 0.364. The van der Waals surface area contributed by atoms with Crippen molar-refractivity contribution < 1.29 is 4.42 Å². The number of aromatic amines is 1. The van der Waals surface area contributed by atoms with Crippen LogP contribution in [0.5, 0.6) is 0 Å². The number of aromatic nitrogens is 2. The fourth-order valence-corrected chi connectivity index (χ4v) is 4.44. The second-order valence-electron chi connectivity index (χ2n) is 7.76. The molecule has 0 saturated carbocycles. The highest BCUT2D eigenvalue weighted by molar-refractivity contribution is 6.35. The second kappa shape index (κ2) is 7.81. The minimum Gasteiger partial charge on any atom is -0.422 e. The Kier molecular flexibility index (Phi) is 5.00. The zero-order chi connectivity index (χ0) is 20.7. The molecule has 0 bridgehead atoms. The van der Waals surface area contributed by atoms with Gasteiger partial charge in [-0.15, -0.1) is 0 Å². The van der Waals surface area contributed by atoms with E-state index in [9.17, 15) is 9.59 Å². The van der Waals surface area contributed by atoms with Gasteiger partial charge in [0.05, 0.1) is 27.6 Å². The molecule has 2 aromatic heterocycles. The van der Waals surface area contributed by atoms with E-state index in [1.807, 2.05) is 17.0 Å². The molecule has 0 spiro atoms. The molecule has 1 aromatic carbocycles. The average molecular weight is 425 g/mol. The Hall–Kier alpha value is -2.77. The molecule has 0 aliphatic carbocycles. The van der Waals surface area contributed by atoms with Gasteiger partial charge in [0.2, 0.25) is 0 Å². The maximum absolute atomic E-state index is 12.8. The third kappa shape index (κ3) is 3.48. The van der Waals surface area contributed by atoms with Crippen LogP contribution in [0.2, 0.25) is 5.02 Å². The first-order valence-electron chi connectivity index (χ1n) is 10.2. The maximum Gasteiger partial charge on any atom is 0.342 e. The number of para-hydroxylation sites is 1. The highest BCUT2D eigenvalue weighted by Gasteiger charge is 2.24. The van der Waals surface area contributed by atoms with Crippen molar-refractivity contribution in [3.8, 4) is 0 Å². The molecule has 0 unspecified atom stereocenters. The lowest BCUT2D eigenvalue weighted by atomic mass is 10.0. The lowest BCUT2D eigenvalue weighted by molar-refractivity contribution is 0.239. The van der Waals surface area contributed by atoms with E-state index in [2.05, 4.69) is 9.98 Å². The minimum absolute atomic E-state index is 0.135. The van der Waals surface area contributed by atoms with Gasteiger partial charge >= 0.3 is 5.63 Å². The number of hydrogen-bond donors (Lipinski definition) is 1. The summed E-state index contributed by atoms with van der Waals surface area (Å²) in [6, 6.07) is 7.21. The van der Waals surface area contributed by atoms with Crippen LogP contribution in [-0.2, 0) is 19.5 Å². The first kappa shape index (κ1) is 19.2. The zero-order valence-corrected chi connectivity index (χ0v) is 17.2. The van der Waals surface area contributed by atoms with E-state index in [0.717, 1.165) is 37.2 Å². The number of fused-ring (bicyclic) bond motifs is 2. The summed E-state index contributed by atoms with van der Waals surface area (Å²) in [7, 11) is 0. The third-order valence-corrected chi connectivity index (χ3v) is 6.20. The lowest BCUT2D eigenvalue weighted by Gasteiger charge is -2.27. The molecule has 30 heavy (non-hydrogen) atoms. The minimum atomic E-state index is -0.442. The van der Waals surface area contributed by atoms with E-state index in [-0.39, 0.29) is 5.56 Å².